The lowest BCUT2D eigenvalue weighted by Gasteiger charge is -2.15. The van der Waals surface area contributed by atoms with Crippen molar-refractivity contribution < 1.29 is 33.4 Å². The number of hydrogen-bond acceptors (Lipinski definition) is 12. The minimum absolute atomic E-state index is 0.00285. The summed E-state index contributed by atoms with van der Waals surface area (Å²) in [6.07, 6.45) is 4.18. The first-order valence-electron chi connectivity index (χ1n) is 17.6. The Balaban J connectivity index is 1.01. The quantitative estimate of drug-likeness (QED) is 0.0593. The van der Waals surface area contributed by atoms with Crippen molar-refractivity contribution in [1.82, 2.24) is 24.8 Å². The first-order valence-corrected chi connectivity index (χ1v) is 18.7. The third-order valence-corrected chi connectivity index (χ3v) is 9.01. The Labute approximate surface area is 317 Å². The van der Waals surface area contributed by atoms with E-state index < -0.39 is 37.9 Å². The maximum atomic E-state index is 12.5. The molecule has 0 saturated carbocycles. The van der Waals surface area contributed by atoms with Crippen LogP contribution in [0.25, 0.3) is 0 Å². The highest BCUT2D eigenvalue weighted by Gasteiger charge is 2.37. The van der Waals surface area contributed by atoms with Gasteiger partial charge in [-0.1, -0.05) is 24.7 Å². The van der Waals surface area contributed by atoms with Crippen molar-refractivity contribution in [2.75, 3.05) is 11.9 Å². The van der Waals surface area contributed by atoms with Gasteiger partial charge in [0.1, 0.15) is 24.7 Å². The number of benzene rings is 2. The van der Waals surface area contributed by atoms with E-state index in [0.717, 1.165) is 46.2 Å². The molecular formula is C38H41N7O9P+. The van der Waals surface area contributed by atoms with Crippen molar-refractivity contribution in [3.8, 4) is 29.5 Å². The molecule has 0 radical (unpaired) electrons. The molecule has 4 atom stereocenters. The summed E-state index contributed by atoms with van der Waals surface area (Å²) in [6, 6.07) is 14.7. The standard InChI is InChI=1S/C38H40N7O9P/c1-24-17-27(18-25(2)35(24)54-33-15-16-40-37(43-33)42-29-13-11-26(20-39)12-14-29)9-7-5-3-4-6-8-10-32(47)41-21-28-22-45(38(49)44-36(28)48)34-19-30(46)31(53-34)23-52-55(50)51/h11-18,22,30-31,34,46H,3-6,8,10,19,21,23H2,1-2H3,(H3-,40,41,42,43,44,47,48,49,50,51)/p+1/t30-,31+,34?/m0/s1. The molecule has 0 spiro atoms. The van der Waals surface area contributed by atoms with E-state index in [4.69, 9.17) is 19.6 Å². The smallest absolute Gasteiger partial charge is 0.438 e. The number of ether oxygens (including phenoxy) is 2. The molecular weight excluding hydrogens is 729 g/mol. The van der Waals surface area contributed by atoms with Gasteiger partial charge in [-0.25, -0.2) is 9.78 Å². The van der Waals surface area contributed by atoms with E-state index in [1.54, 1.807) is 36.5 Å². The second kappa shape index (κ2) is 19.5. The number of nitriles is 1. The molecule has 286 valence electrons. The molecule has 1 saturated heterocycles. The van der Waals surface area contributed by atoms with Crippen molar-refractivity contribution in [3.63, 3.8) is 0 Å². The summed E-state index contributed by atoms with van der Waals surface area (Å²) in [7, 11) is -2.88. The van der Waals surface area contributed by atoms with Gasteiger partial charge in [0.2, 0.25) is 17.7 Å². The number of carbonyl (C=O) groups excluding carboxylic acids is 1. The Morgan fingerprint density at radius 3 is 2.58 bits per heavy atom. The van der Waals surface area contributed by atoms with Crippen LogP contribution in [0.4, 0.5) is 11.6 Å². The van der Waals surface area contributed by atoms with E-state index in [1.807, 2.05) is 26.0 Å². The molecule has 0 aliphatic carbocycles. The number of amides is 1. The number of nitrogens with zero attached hydrogens (tertiary/aromatic N) is 4. The monoisotopic (exact) mass is 770 g/mol. The number of nitrogens with one attached hydrogen (secondary N) is 3. The predicted octanol–water partition coefficient (Wildman–Crippen LogP) is 4.67. The number of hydrogen-bond donors (Lipinski definition) is 5. The van der Waals surface area contributed by atoms with E-state index in [9.17, 15) is 24.1 Å². The van der Waals surface area contributed by atoms with Gasteiger partial charge in [-0.3, -0.25) is 19.1 Å². The molecule has 16 nitrogen and oxygen atoms in total. The van der Waals surface area contributed by atoms with Crippen LogP contribution in [0, 0.1) is 37.0 Å². The molecule has 2 aromatic heterocycles. The predicted molar refractivity (Wildman–Crippen MR) is 201 cm³/mol. The van der Waals surface area contributed by atoms with Crippen LogP contribution in [-0.4, -0.2) is 54.2 Å². The van der Waals surface area contributed by atoms with E-state index in [0.29, 0.717) is 36.0 Å². The lowest BCUT2D eigenvalue weighted by Crippen LogP contribution is -2.36. The van der Waals surface area contributed by atoms with E-state index in [-0.39, 0.29) is 37.5 Å². The third kappa shape index (κ3) is 11.9. The number of aliphatic hydroxyl groups excluding tert-OH is 1. The molecule has 2 unspecified atom stereocenters. The molecule has 1 aliphatic rings. The fourth-order valence-electron chi connectivity index (χ4n) is 5.84. The molecule has 55 heavy (non-hydrogen) atoms. The molecule has 3 heterocycles. The Morgan fingerprint density at radius 2 is 1.85 bits per heavy atom. The van der Waals surface area contributed by atoms with Gasteiger partial charge in [-0.05, 0) is 74.2 Å². The van der Waals surface area contributed by atoms with Crippen LogP contribution in [0.1, 0.15) is 79.0 Å². The number of aryl methyl sites for hydroxylation is 2. The molecule has 4 aromatic rings. The Bertz CT molecular complexity index is 2200. The van der Waals surface area contributed by atoms with Gasteiger partial charge in [0.05, 0.1) is 23.3 Å². The molecule has 1 amide bonds. The van der Waals surface area contributed by atoms with Crippen LogP contribution >= 0.6 is 8.25 Å². The number of carbonyl (C=O) groups is 1. The number of aromatic nitrogens is 4. The Hall–Kier alpha value is -5.74. The number of anilines is 2. The van der Waals surface area contributed by atoms with Crippen LogP contribution in [0.2, 0.25) is 0 Å². The topological polar surface area (TPSA) is 231 Å². The highest BCUT2D eigenvalue weighted by atomic mass is 31.1. The van der Waals surface area contributed by atoms with Gasteiger partial charge in [0.25, 0.3) is 5.56 Å². The largest absolute Gasteiger partial charge is 0.694 e. The molecule has 5 N–H and O–H groups in total. The summed E-state index contributed by atoms with van der Waals surface area (Å²) in [4.78, 5) is 57.0. The lowest BCUT2D eigenvalue weighted by atomic mass is 10.1. The number of aromatic amines is 1. The zero-order chi connectivity index (χ0) is 39.3. The fourth-order valence-corrected chi connectivity index (χ4v) is 6.12. The molecule has 2 aromatic carbocycles. The minimum Gasteiger partial charge on any atom is -0.438 e. The maximum absolute atomic E-state index is 12.5. The van der Waals surface area contributed by atoms with Crippen molar-refractivity contribution in [2.24, 2.45) is 0 Å². The van der Waals surface area contributed by atoms with E-state index >= 15 is 0 Å². The zero-order valence-electron chi connectivity index (χ0n) is 30.3. The second-order valence-corrected chi connectivity index (χ2v) is 13.6. The minimum atomic E-state index is -2.88. The zero-order valence-corrected chi connectivity index (χ0v) is 31.2. The number of rotatable bonds is 16. The van der Waals surface area contributed by atoms with Crippen molar-refractivity contribution in [3.05, 3.63) is 104 Å². The average Bonchev–Trinajstić information content (AvgIpc) is 3.53. The summed E-state index contributed by atoms with van der Waals surface area (Å²) >= 11 is 0. The lowest BCUT2D eigenvalue weighted by molar-refractivity contribution is -0.121. The van der Waals surface area contributed by atoms with Crippen LogP contribution in [0.15, 0.2) is 64.4 Å². The van der Waals surface area contributed by atoms with Gasteiger partial charge in [0.15, 0.2) is 0 Å². The van der Waals surface area contributed by atoms with Crippen molar-refractivity contribution in [1.29, 1.82) is 5.26 Å². The summed E-state index contributed by atoms with van der Waals surface area (Å²) in [5.41, 5.74) is 2.73. The highest BCUT2D eigenvalue weighted by Crippen LogP contribution is 2.31. The van der Waals surface area contributed by atoms with Crippen molar-refractivity contribution in [2.45, 2.75) is 83.8 Å². The average molecular weight is 771 g/mol. The summed E-state index contributed by atoms with van der Waals surface area (Å²) in [5, 5.41) is 25.0. The highest BCUT2D eigenvalue weighted by molar-refractivity contribution is 7.32. The van der Waals surface area contributed by atoms with Crippen LogP contribution < -0.4 is 26.6 Å². The third-order valence-electron chi connectivity index (χ3n) is 8.64. The summed E-state index contributed by atoms with van der Waals surface area (Å²) in [5.74, 6) is 7.65. The SMILES string of the molecule is Cc1cc(C#CCCCCCCC(=O)NCc2cn(C3C[C@H](O)[C@@H](CO[P+](=O)O)O3)c(=O)[nH]c2=O)cc(C)c1Oc1ccnc(Nc2ccc(C#N)cc2)n1. The molecule has 5 rings (SSSR count). The van der Waals surface area contributed by atoms with Gasteiger partial charge in [0, 0.05) is 60.1 Å². The first-order chi connectivity index (χ1) is 26.5. The molecule has 1 aliphatic heterocycles. The van der Waals surface area contributed by atoms with E-state index in [2.05, 4.69) is 48.0 Å². The van der Waals surface area contributed by atoms with Gasteiger partial charge < -0.3 is 25.2 Å². The van der Waals surface area contributed by atoms with Crippen LogP contribution in [0.5, 0.6) is 11.6 Å². The molecule has 17 heteroatoms. The second-order valence-electron chi connectivity index (χ2n) is 12.9. The number of unbranched alkanes of at least 4 members (excludes halogenated alkanes) is 4. The van der Waals surface area contributed by atoms with Gasteiger partial charge in [-0.2, -0.15) is 10.2 Å². The van der Waals surface area contributed by atoms with Gasteiger partial charge in [-0.15, -0.1) is 9.42 Å². The summed E-state index contributed by atoms with van der Waals surface area (Å²) in [6.45, 7) is 3.45. The Kier molecular flexibility index (Phi) is 14.4. The van der Waals surface area contributed by atoms with Gasteiger partial charge >= 0.3 is 13.9 Å². The molecule has 1 fully saturated rings. The number of aliphatic hydroxyl groups is 1. The van der Waals surface area contributed by atoms with E-state index in [1.165, 1.54) is 6.20 Å². The summed E-state index contributed by atoms with van der Waals surface area (Å²) < 4.78 is 28.3. The van der Waals surface area contributed by atoms with Crippen LogP contribution in [0.3, 0.4) is 0 Å². The maximum Gasteiger partial charge on any atom is 0.694 e. The fraction of sp³-hybridized carbons (Fsp3) is 0.368. The normalized spacial score (nSPS) is 16.4. The molecule has 0 bridgehead atoms. The first kappa shape index (κ1) is 40.4. The Morgan fingerprint density at radius 1 is 1.11 bits per heavy atom. The van der Waals surface area contributed by atoms with Crippen LogP contribution in [-0.2, 0) is 25.2 Å². The van der Waals surface area contributed by atoms with Crippen molar-refractivity contribution >= 4 is 25.8 Å². The number of H-pyrrole nitrogens is 1.